The molecule has 0 atom stereocenters. The van der Waals surface area contributed by atoms with Crippen molar-refractivity contribution in [3.8, 4) is 5.75 Å². The van der Waals surface area contributed by atoms with Crippen molar-refractivity contribution in [1.82, 2.24) is 0 Å². The van der Waals surface area contributed by atoms with E-state index in [9.17, 15) is 9.90 Å². The molecule has 4 nitrogen and oxygen atoms in total. The quantitative estimate of drug-likeness (QED) is 0.640. The van der Waals surface area contributed by atoms with E-state index in [0.29, 0.717) is 17.1 Å². The third-order valence-corrected chi connectivity index (χ3v) is 3.29. The van der Waals surface area contributed by atoms with Gasteiger partial charge in [0.15, 0.2) is 0 Å². The third kappa shape index (κ3) is 2.81. The first-order valence-electron chi connectivity index (χ1n) is 5.15. The fraction of sp³-hybridized carbons (Fsp3) is 0.250. The third-order valence-electron chi connectivity index (χ3n) is 2.31. The van der Waals surface area contributed by atoms with E-state index in [1.165, 1.54) is 12.1 Å². The zero-order chi connectivity index (χ0) is 12.3. The van der Waals surface area contributed by atoms with Crippen molar-refractivity contribution < 1.29 is 14.6 Å². The van der Waals surface area contributed by atoms with Gasteiger partial charge in [0, 0.05) is 29.0 Å². The van der Waals surface area contributed by atoms with E-state index < -0.39 is 5.63 Å². The topological polar surface area (TPSA) is 70.7 Å². The van der Waals surface area contributed by atoms with Gasteiger partial charge >= 0.3 is 5.63 Å². The Hall–Kier alpha value is -1.46. The predicted octanol–water partition coefficient (Wildman–Crippen LogP) is 1.72. The number of hydrogen-bond acceptors (Lipinski definition) is 5. The van der Waals surface area contributed by atoms with E-state index in [4.69, 9.17) is 9.52 Å². The maximum absolute atomic E-state index is 11.3. The highest BCUT2D eigenvalue weighted by molar-refractivity contribution is 7.98. The van der Waals surface area contributed by atoms with E-state index in [0.717, 1.165) is 10.9 Å². The molecule has 90 valence electrons. The van der Waals surface area contributed by atoms with Crippen LogP contribution < -0.4 is 5.63 Å². The molecule has 0 fully saturated rings. The standard InChI is InChI=1S/C12H12O4S/c13-3-4-17-7-8-5-12(15)16-11-6-9(14)1-2-10(8)11/h1-2,5-6,13-14H,3-4,7H2. The van der Waals surface area contributed by atoms with Gasteiger partial charge in [-0.05, 0) is 17.7 Å². The summed E-state index contributed by atoms with van der Waals surface area (Å²) in [7, 11) is 0. The van der Waals surface area contributed by atoms with Crippen LogP contribution in [0, 0.1) is 0 Å². The monoisotopic (exact) mass is 252 g/mol. The summed E-state index contributed by atoms with van der Waals surface area (Å²) >= 11 is 1.54. The summed E-state index contributed by atoms with van der Waals surface area (Å²) in [4.78, 5) is 11.3. The minimum absolute atomic E-state index is 0.0702. The normalized spacial score (nSPS) is 10.9. The van der Waals surface area contributed by atoms with E-state index in [-0.39, 0.29) is 12.4 Å². The zero-order valence-corrected chi connectivity index (χ0v) is 9.87. The Bertz CT molecular complexity index is 576. The molecule has 0 aliphatic carbocycles. The van der Waals surface area contributed by atoms with Gasteiger partial charge in [-0.3, -0.25) is 0 Å². The molecule has 0 aliphatic heterocycles. The van der Waals surface area contributed by atoms with Crippen molar-refractivity contribution in [1.29, 1.82) is 0 Å². The molecule has 17 heavy (non-hydrogen) atoms. The van der Waals surface area contributed by atoms with Crippen molar-refractivity contribution >= 4 is 22.7 Å². The number of fused-ring (bicyclic) bond motifs is 1. The largest absolute Gasteiger partial charge is 0.508 e. The van der Waals surface area contributed by atoms with Crippen LogP contribution in [0.25, 0.3) is 11.0 Å². The lowest BCUT2D eigenvalue weighted by molar-refractivity contribution is 0.322. The van der Waals surface area contributed by atoms with Crippen LogP contribution in [0.2, 0.25) is 0 Å². The zero-order valence-electron chi connectivity index (χ0n) is 9.05. The van der Waals surface area contributed by atoms with Crippen LogP contribution >= 0.6 is 11.8 Å². The number of aromatic hydroxyl groups is 1. The van der Waals surface area contributed by atoms with Gasteiger partial charge in [-0.25, -0.2) is 4.79 Å². The van der Waals surface area contributed by atoms with Gasteiger partial charge in [-0.1, -0.05) is 0 Å². The second-order valence-electron chi connectivity index (χ2n) is 3.55. The number of aliphatic hydroxyl groups is 1. The highest BCUT2D eigenvalue weighted by Gasteiger charge is 2.06. The van der Waals surface area contributed by atoms with Gasteiger partial charge < -0.3 is 14.6 Å². The molecule has 0 unspecified atom stereocenters. The first-order chi connectivity index (χ1) is 8.20. The minimum Gasteiger partial charge on any atom is -0.508 e. The van der Waals surface area contributed by atoms with Gasteiger partial charge in [0.25, 0.3) is 0 Å². The molecule has 2 aromatic rings. The Balaban J connectivity index is 2.43. The number of thioether (sulfide) groups is 1. The van der Waals surface area contributed by atoms with E-state index in [1.54, 1.807) is 23.9 Å². The first-order valence-corrected chi connectivity index (χ1v) is 6.30. The van der Waals surface area contributed by atoms with Crippen LogP contribution in [0.5, 0.6) is 5.75 Å². The van der Waals surface area contributed by atoms with Crippen molar-refractivity contribution in [2.24, 2.45) is 0 Å². The molecule has 0 saturated heterocycles. The molecule has 0 bridgehead atoms. The average Bonchev–Trinajstić information content (AvgIpc) is 2.28. The van der Waals surface area contributed by atoms with Gasteiger partial charge in [-0.2, -0.15) is 11.8 Å². The molecule has 1 heterocycles. The lowest BCUT2D eigenvalue weighted by Gasteiger charge is -2.04. The highest BCUT2D eigenvalue weighted by Crippen LogP contribution is 2.24. The summed E-state index contributed by atoms with van der Waals surface area (Å²) in [5.41, 5.74) is 0.814. The Labute approximate surface area is 102 Å². The van der Waals surface area contributed by atoms with Crippen molar-refractivity contribution in [2.75, 3.05) is 12.4 Å². The summed E-state index contributed by atoms with van der Waals surface area (Å²) in [6, 6.07) is 6.16. The summed E-state index contributed by atoms with van der Waals surface area (Å²) < 4.78 is 5.02. The maximum atomic E-state index is 11.3. The Morgan fingerprint density at radius 2 is 2.12 bits per heavy atom. The fourth-order valence-electron chi connectivity index (χ4n) is 1.58. The first kappa shape index (κ1) is 12.0. The van der Waals surface area contributed by atoms with Crippen molar-refractivity contribution in [3.05, 3.63) is 40.2 Å². The average molecular weight is 252 g/mol. The lowest BCUT2D eigenvalue weighted by Crippen LogP contribution is -2.00. The molecule has 1 aromatic carbocycles. The Kier molecular flexibility index (Phi) is 3.71. The molecule has 0 aliphatic rings. The predicted molar refractivity (Wildman–Crippen MR) is 67.4 cm³/mol. The van der Waals surface area contributed by atoms with E-state index in [2.05, 4.69) is 0 Å². The van der Waals surface area contributed by atoms with Gasteiger partial charge in [0.1, 0.15) is 11.3 Å². The fourth-order valence-corrected chi connectivity index (χ4v) is 2.32. The van der Waals surface area contributed by atoms with Crippen LogP contribution in [-0.4, -0.2) is 22.6 Å². The molecule has 5 heteroatoms. The molecular formula is C12H12O4S. The summed E-state index contributed by atoms with van der Waals surface area (Å²) in [5, 5.41) is 18.9. The van der Waals surface area contributed by atoms with Crippen LogP contribution in [0.15, 0.2) is 33.5 Å². The molecule has 0 radical (unpaired) electrons. The second kappa shape index (κ2) is 5.25. The number of aliphatic hydroxyl groups excluding tert-OH is 1. The van der Waals surface area contributed by atoms with Gasteiger partial charge in [0.2, 0.25) is 0 Å². The van der Waals surface area contributed by atoms with Crippen molar-refractivity contribution in [3.63, 3.8) is 0 Å². The van der Waals surface area contributed by atoms with E-state index in [1.807, 2.05) is 0 Å². The number of rotatable bonds is 4. The Morgan fingerprint density at radius 3 is 2.88 bits per heavy atom. The smallest absolute Gasteiger partial charge is 0.336 e. The molecule has 0 amide bonds. The van der Waals surface area contributed by atoms with Crippen LogP contribution in [0.3, 0.4) is 0 Å². The summed E-state index contributed by atoms with van der Waals surface area (Å²) in [5.74, 6) is 1.33. The van der Waals surface area contributed by atoms with E-state index >= 15 is 0 Å². The molecule has 2 rings (SSSR count). The number of phenols is 1. The Morgan fingerprint density at radius 1 is 1.29 bits per heavy atom. The molecule has 2 N–H and O–H groups in total. The number of hydrogen-bond donors (Lipinski definition) is 2. The van der Waals surface area contributed by atoms with Crippen LogP contribution in [0.4, 0.5) is 0 Å². The van der Waals surface area contributed by atoms with Gasteiger partial charge in [-0.15, -0.1) is 0 Å². The van der Waals surface area contributed by atoms with Gasteiger partial charge in [0.05, 0.1) is 6.61 Å². The second-order valence-corrected chi connectivity index (χ2v) is 4.65. The molecule has 1 aromatic heterocycles. The van der Waals surface area contributed by atoms with Crippen LogP contribution in [-0.2, 0) is 5.75 Å². The highest BCUT2D eigenvalue weighted by atomic mass is 32.2. The minimum atomic E-state index is -0.428. The van der Waals surface area contributed by atoms with Crippen molar-refractivity contribution in [2.45, 2.75) is 5.75 Å². The molecule has 0 spiro atoms. The van der Waals surface area contributed by atoms with Crippen LogP contribution in [0.1, 0.15) is 5.56 Å². The maximum Gasteiger partial charge on any atom is 0.336 e. The molecule has 0 saturated carbocycles. The SMILES string of the molecule is O=c1cc(CSCCO)c2ccc(O)cc2o1. The summed E-state index contributed by atoms with van der Waals surface area (Å²) in [6.07, 6.45) is 0. The number of benzene rings is 1. The molecular weight excluding hydrogens is 240 g/mol. The number of phenolic OH excluding ortho intramolecular Hbond substituents is 1. The summed E-state index contributed by atoms with van der Waals surface area (Å²) in [6.45, 7) is 0.116. The lowest BCUT2D eigenvalue weighted by atomic mass is 10.1.